The fraction of sp³-hybridized carbons (Fsp3) is 0.769. The highest BCUT2D eigenvalue weighted by Crippen LogP contribution is 2.08. The third-order valence-corrected chi connectivity index (χ3v) is 4.06. The minimum atomic E-state index is -0.889. The molecule has 0 bridgehead atoms. The van der Waals surface area contributed by atoms with E-state index in [9.17, 15) is 19.6 Å². The molecule has 1 aliphatic heterocycles. The Kier molecular flexibility index (Phi) is 10.4. The number of carboxylic acids is 1. The van der Waals surface area contributed by atoms with Crippen molar-refractivity contribution in [3.63, 3.8) is 0 Å². The number of carbonyl (C=O) groups is 3. The Morgan fingerprint density at radius 2 is 2.17 bits per heavy atom. The van der Waals surface area contributed by atoms with Gasteiger partial charge in [0, 0.05) is 25.0 Å². The second-order valence-corrected chi connectivity index (χ2v) is 5.98. The zero-order valence-electron chi connectivity index (χ0n) is 13.1. The number of unbranched alkanes of at least 4 members (excludes halogenated alkanes) is 1. The van der Waals surface area contributed by atoms with Gasteiger partial charge in [-0.2, -0.15) is 4.33 Å². The van der Waals surface area contributed by atoms with Crippen molar-refractivity contribution >= 4 is 29.8 Å². The highest BCUT2D eigenvalue weighted by molar-refractivity contribution is 7.94. The minimum Gasteiger partial charge on any atom is -0.691 e. The smallest absolute Gasteiger partial charge is 0.303 e. The molecule has 4 N–H and O–H groups in total. The van der Waals surface area contributed by atoms with Crippen molar-refractivity contribution in [1.82, 2.24) is 16.0 Å². The normalized spacial score (nSPS) is 18.1. The summed E-state index contributed by atoms with van der Waals surface area (Å²) in [5.74, 6) is -1.61. The number of rotatable bonds is 12. The lowest BCUT2D eigenvalue weighted by atomic mass is 10.2. The van der Waals surface area contributed by atoms with E-state index >= 15 is 0 Å². The second kappa shape index (κ2) is 12.0. The van der Waals surface area contributed by atoms with E-state index in [1.54, 1.807) is 0 Å². The summed E-state index contributed by atoms with van der Waals surface area (Å²) in [7, 11) is 0. The Labute approximate surface area is 143 Å². The van der Waals surface area contributed by atoms with Crippen molar-refractivity contribution in [2.75, 3.05) is 18.8 Å². The van der Waals surface area contributed by atoms with E-state index in [1.807, 2.05) is 0 Å². The van der Waals surface area contributed by atoms with Crippen LogP contribution in [0.15, 0.2) is 0 Å². The summed E-state index contributed by atoms with van der Waals surface area (Å²) in [6, 6.07) is -1.22. The molecule has 1 aliphatic rings. The van der Waals surface area contributed by atoms with Crippen molar-refractivity contribution in [3.05, 3.63) is 0 Å². The van der Waals surface area contributed by atoms with Crippen molar-refractivity contribution in [2.24, 2.45) is 0 Å². The van der Waals surface area contributed by atoms with Gasteiger partial charge in [-0.3, -0.25) is 19.4 Å². The fourth-order valence-corrected chi connectivity index (χ4v) is 2.68. The van der Waals surface area contributed by atoms with Crippen molar-refractivity contribution in [1.29, 1.82) is 0 Å². The van der Waals surface area contributed by atoms with E-state index in [4.69, 9.17) is 5.11 Å². The highest BCUT2D eigenvalue weighted by Gasteiger charge is 2.27. The molecule has 1 fully saturated rings. The first kappa shape index (κ1) is 20.6. The Bertz CT molecular complexity index is 418. The number of nitrogens with one attached hydrogen (secondary N) is 3. The molecule has 1 heterocycles. The second-order valence-electron chi connectivity index (χ2n) is 5.27. The molecular formula is C13H22N3O7S-. The number of aliphatic carboxylic acids is 1. The summed E-state index contributed by atoms with van der Waals surface area (Å²) in [4.78, 5) is 34.6. The molecule has 0 saturated carbocycles. The van der Waals surface area contributed by atoms with Gasteiger partial charge in [-0.05, 0) is 32.2 Å². The molecule has 2 amide bonds. The van der Waals surface area contributed by atoms with Gasteiger partial charge in [0.15, 0.2) is 0 Å². The zero-order chi connectivity index (χ0) is 17.8. The Hall–Kier alpha value is -1.40. The third-order valence-electron chi connectivity index (χ3n) is 3.44. The molecule has 0 spiro atoms. The van der Waals surface area contributed by atoms with Crippen LogP contribution in [-0.4, -0.2) is 53.8 Å². The van der Waals surface area contributed by atoms with Crippen LogP contribution in [0.3, 0.4) is 0 Å². The van der Waals surface area contributed by atoms with E-state index < -0.39 is 17.9 Å². The predicted octanol–water partition coefficient (Wildman–Crippen LogP) is -1.53. The number of amides is 2. The zero-order valence-corrected chi connectivity index (χ0v) is 13.9. The number of hydrogen-bond donors (Lipinski definition) is 4. The van der Waals surface area contributed by atoms with Crippen LogP contribution in [0.25, 0.3) is 0 Å². The maximum Gasteiger partial charge on any atom is 0.303 e. The maximum absolute atomic E-state index is 12.1. The molecule has 1 rings (SSSR count). The summed E-state index contributed by atoms with van der Waals surface area (Å²) in [5.41, 5.74) is 0. The lowest BCUT2D eigenvalue weighted by Gasteiger charge is -2.20. The van der Waals surface area contributed by atoms with Crippen LogP contribution in [0.1, 0.15) is 32.1 Å². The molecule has 2 unspecified atom stereocenters. The molecule has 1 saturated heterocycles. The van der Waals surface area contributed by atoms with Crippen LogP contribution in [-0.2, 0) is 23.8 Å². The molecule has 24 heavy (non-hydrogen) atoms. The largest absolute Gasteiger partial charge is 0.691 e. The van der Waals surface area contributed by atoms with Gasteiger partial charge in [0.25, 0.3) is 0 Å². The quantitative estimate of drug-likeness (QED) is 0.140. The van der Waals surface area contributed by atoms with Crippen LogP contribution in [0.4, 0.5) is 0 Å². The first-order valence-electron chi connectivity index (χ1n) is 7.66. The van der Waals surface area contributed by atoms with Gasteiger partial charge >= 0.3 is 5.97 Å². The standard InChI is InChI=1S/C13H23N3O7S/c17-11(18)5-1-2-6-15-12(19)10(8-24-23-22-21)16-13(20)9-4-3-7-14-9/h9-10,14,21H,1-8H2,(H,15,19)(H,16,20)(H,17,18)/p-1. The van der Waals surface area contributed by atoms with Gasteiger partial charge in [0.1, 0.15) is 6.04 Å². The van der Waals surface area contributed by atoms with Gasteiger partial charge in [0.2, 0.25) is 11.8 Å². The van der Waals surface area contributed by atoms with Gasteiger partial charge < -0.3 is 26.3 Å². The minimum absolute atomic E-state index is 0.00165. The van der Waals surface area contributed by atoms with E-state index in [0.29, 0.717) is 37.8 Å². The molecule has 2 atom stereocenters. The lowest BCUT2D eigenvalue weighted by molar-refractivity contribution is -0.777. The van der Waals surface area contributed by atoms with Crippen LogP contribution < -0.4 is 21.2 Å². The van der Waals surface area contributed by atoms with E-state index in [1.165, 1.54) is 0 Å². The molecule has 138 valence electrons. The van der Waals surface area contributed by atoms with Crippen molar-refractivity contribution < 1.29 is 34.1 Å². The molecule has 0 aromatic rings. The molecule has 0 aromatic heterocycles. The van der Waals surface area contributed by atoms with Gasteiger partial charge in [-0.25, -0.2) is 0 Å². The first-order valence-corrected chi connectivity index (χ1v) is 8.57. The van der Waals surface area contributed by atoms with E-state index in [0.717, 1.165) is 13.0 Å². The van der Waals surface area contributed by atoms with Crippen molar-refractivity contribution in [2.45, 2.75) is 44.2 Å². The van der Waals surface area contributed by atoms with E-state index in [-0.39, 0.29) is 24.1 Å². The fourth-order valence-electron chi connectivity index (χ4n) is 2.22. The monoisotopic (exact) mass is 364 g/mol. The average Bonchev–Trinajstić information content (AvgIpc) is 3.07. The summed E-state index contributed by atoms with van der Waals surface area (Å²) in [5, 5.41) is 29.8. The van der Waals surface area contributed by atoms with Crippen LogP contribution in [0, 0.1) is 0 Å². The number of carbonyl (C=O) groups excluding carboxylic acids is 2. The maximum atomic E-state index is 12.1. The Morgan fingerprint density at radius 1 is 1.38 bits per heavy atom. The first-order chi connectivity index (χ1) is 11.5. The van der Waals surface area contributed by atoms with Crippen LogP contribution in [0.5, 0.6) is 0 Å². The van der Waals surface area contributed by atoms with E-state index in [2.05, 4.69) is 25.3 Å². The molecule has 0 aromatic carbocycles. The molecule has 0 radical (unpaired) electrons. The highest BCUT2D eigenvalue weighted by atomic mass is 32.2. The van der Waals surface area contributed by atoms with Gasteiger partial charge in [-0.15, -0.1) is 0 Å². The molecular weight excluding hydrogens is 342 g/mol. The lowest BCUT2D eigenvalue weighted by Crippen LogP contribution is -2.52. The number of hydrogen-bond acceptors (Lipinski definition) is 8. The van der Waals surface area contributed by atoms with Gasteiger partial charge in [-0.1, -0.05) is 0 Å². The third kappa shape index (κ3) is 8.45. The van der Waals surface area contributed by atoms with Crippen LogP contribution in [0.2, 0.25) is 0 Å². The summed E-state index contributed by atoms with van der Waals surface area (Å²) < 4.78 is 4.14. The topological polar surface area (TPSA) is 149 Å². The SMILES string of the molecule is O=C(O)CCCCNC(=O)C(CSOO[O-])NC(=O)C1CCCN1. The summed E-state index contributed by atoms with van der Waals surface area (Å²) in [6.07, 6.45) is 2.58. The average molecular weight is 364 g/mol. The predicted molar refractivity (Wildman–Crippen MR) is 82.1 cm³/mol. The number of carboxylic acid groups (broad SMARTS) is 1. The molecule has 11 heteroatoms. The summed E-state index contributed by atoms with van der Waals surface area (Å²) >= 11 is 0.613. The molecule has 10 nitrogen and oxygen atoms in total. The van der Waals surface area contributed by atoms with Crippen LogP contribution >= 0.6 is 12.0 Å². The Balaban J connectivity index is 2.39. The molecule has 0 aliphatic carbocycles. The summed E-state index contributed by atoms with van der Waals surface area (Å²) in [6.45, 7) is 1.05. The van der Waals surface area contributed by atoms with Gasteiger partial charge in [0.05, 0.1) is 11.8 Å². The van der Waals surface area contributed by atoms with Crippen molar-refractivity contribution in [3.8, 4) is 0 Å². The Morgan fingerprint density at radius 3 is 2.79 bits per heavy atom.